The summed E-state index contributed by atoms with van der Waals surface area (Å²) in [6.45, 7) is 10.5. The highest BCUT2D eigenvalue weighted by atomic mass is 32.2. The number of carbonyl (C=O) groups excluding carboxylic acids is 1. The van der Waals surface area contributed by atoms with Gasteiger partial charge in [0.05, 0.1) is 11.4 Å². The maximum Gasteiger partial charge on any atom is 0.230 e. The first-order valence-electron chi connectivity index (χ1n) is 8.25. The summed E-state index contributed by atoms with van der Waals surface area (Å²) in [5, 5.41) is 7.51. The van der Waals surface area contributed by atoms with Crippen molar-refractivity contribution < 1.29 is 9.18 Å². The molecule has 0 atom stereocenters. The zero-order valence-corrected chi connectivity index (χ0v) is 18.1. The van der Waals surface area contributed by atoms with Crippen molar-refractivity contribution in [3.8, 4) is 5.69 Å². The van der Waals surface area contributed by atoms with Gasteiger partial charge < -0.3 is 5.32 Å². The van der Waals surface area contributed by atoms with Gasteiger partial charge in [-0.2, -0.15) is 0 Å². The SMILES string of the molecule is CC(C)(C)CC(C)(C)NC(=O)CSc1nn(-c2ccc(F)cc2)c(=S)s1. The predicted molar refractivity (Wildman–Crippen MR) is 109 cm³/mol. The van der Waals surface area contributed by atoms with E-state index in [1.807, 2.05) is 13.8 Å². The van der Waals surface area contributed by atoms with Gasteiger partial charge in [-0.05, 0) is 62.2 Å². The Bertz CT molecular complexity index is 819. The number of carbonyl (C=O) groups is 1. The second-order valence-electron chi connectivity index (χ2n) is 7.98. The smallest absolute Gasteiger partial charge is 0.230 e. The van der Waals surface area contributed by atoms with Crippen molar-refractivity contribution >= 4 is 41.2 Å². The molecule has 2 aromatic rings. The lowest BCUT2D eigenvalue weighted by molar-refractivity contribution is -0.120. The largest absolute Gasteiger partial charge is 0.350 e. The van der Waals surface area contributed by atoms with Crippen molar-refractivity contribution in [2.45, 2.75) is 50.9 Å². The van der Waals surface area contributed by atoms with Crippen molar-refractivity contribution in [2.24, 2.45) is 5.41 Å². The molecule has 0 saturated heterocycles. The number of nitrogens with zero attached hydrogens (tertiary/aromatic N) is 2. The first kappa shape index (κ1) is 21.1. The molecule has 0 radical (unpaired) electrons. The van der Waals surface area contributed by atoms with Gasteiger partial charge in [0.2, 0.25) is 5.91 Å². The average Bonchev–Trinajstić information content (AvgIpc) is 2.84. The van der Waals surface area contributed by atoms with Gasteiger partial charge in [0.15, 0.2) is 8.29 Å². The summed E-state index contributed by atoms with van der Waals surface area (Å²) in [7, 11) is 0. The van der Waals surface area contributed by atoms with Crippen molar-refractivity contribution in [3.63, 3.8) is 0 Å². The van der Waals surface area contributed by atoms with E-state index in [1.165, 1.54) is 35.2 Å². The Kier molecular flexibility index (Phi) is 6.63. The van der Waals surface area contributed by atoms with Crippen LogP contribution in [0.25, 0.3) is 5.69 Å². The van der Waals surface area contributed by atoms with E-state index in [-0.39, 0.29) is 28.4 Å². The topological polar surface area (TPSA) is 46.9 Å². The van der Waals surface area contributed by atoms with Crippen LogP contribution in [-0.4, -0.2) is 27.0 Å². The summed E-state index contributed by atoms with van der Waals surface area (Å²) in [4.78, 5) is 12.3. The number of hydrogen-bond acceptors (Lipinski definition) is 5. The van der Waals surface area contributed by atoms with Crippen LogP contribution in [0.3, 0.4) is 0 Å². The number of amides is 1. The second-order valence-corrected chi connectivity index (χ2v) is 10.8. The highest BCUT2D eigenvalue weighted by Crippen LogP contribution is 2.28. The van der Waals surface area contributed by atoms with E-state index >= 15 is 0 Å². The van der Waals surface area contributed by atoms with E-state index in [1.54, 1.807) is 16.8 Å². The summed E-state index contributed by atoms with van der Waals surface area (Å²) in [6, 6.07) is 5.99. The molecule has 1 amide bonds. The van der Waals surface area contributed by atoms with Crippen LogP contribution in [0.2, 0.25) is 0 Å². The van der Waals surface area contributed by atoms with Crippen LogP contribution in [0.1, 0.15) is 41.0 Å². The van der Waals surface area contributed by atoms with Crippen LogP contribution < -0.4 is 5.32 Å². The fraction of sp³-hybridized carbons (Fsp3) is 0.500. The molecule has 0 aliphatic rings. The zero-order valence-electron chi connectivity index (χ0n) is 15.6. The maximum absolute atomic E-state index is 13.1. The summed E-state index contributed by atoms with van der Waals surface area (Å²) in [5.41, 5.74) is 0.572. The lowest BCUT2D eigenvalue weighted by atomic mass is 9.82. The second kappa shape index (κ2) is 8.19. The van der Waals surface area contributed by atoms with Gasteiger partial charge in [-0.15, -0.1) is 5.10 Å². The molecule has 0 aliphatic carbocycles. The number of benzene rings is 1. The maximum atomic E-state index is 13.1. The molecule has 0 saturated carbocycles. The molecule has 8 heteroatoms. The van der Waals surface area contributed by atoms with E-state index in [0.717, 1.165) is 6.42 Å². The third kappa shape index (κ3) is 6.48. The molecule has 0 bridgehead atoms. The van der Waals surface area contributed by atoms with Crippen molar-refractivity contribution in [3.05, 3.63) is 34.0 Å². The summed E-state index contributed by atoms with van der Waals surface area (Å²) in [6.07, 6.45) is 0.883. The van der Waals surface area contributed by atoms with Gasteiger partial charge in [0, 0.05) is 5.54 Å². The average molecular weight is 414 g/mol. The fourth-order valence-corrected chi connectivity index (χ4v) is 5.14. The van der Waals surface area contributed by atoms with E-state index in [9.17, 15) is 9.18 Å². The lowest BCUT2D eigenvalue weighted by Gasteiger charge is -2.33. The molecule has 2 rings (SSSR count). The van der Waals surface area contributed by atoms with E-state index in [2.05, 4.69) is 31.2 Å². The van der Waals surface area contributed by atoms with Gasteiger partial charge >= 0.3 is 0 Å². The van der Waals surface area contributed by atoms with Crippen LogP contribution in [0.4, 0.5) is 4.39 Å². The Labute approximate surface area is 167 Å². The van der Waals surface area contributed by atoms with E-state index in [0.29, 0.717) is 14.0 Å². The van der Waals surface area contributed by atoms with Gasteiger partial charge in [-0.25, -0.2) is 9.07 Å². The molecular weight excluding hydrogens is 389 g/mol. The predicted octanol–water partition coefficient (Wildman–Crippen LogP) is 5.23. The quantitative estimate of drug-likeness (QED) is 0.521. The van der Waals surface area contributed by atoms with Gasteiger partial charge in [0.25, 0.3) is 0 Å². The van der Waals surface area contributed by atoms with Crippen LogP contribution in [-0.2, 0) is 4.79 Å². The Hall–Kier alpha value is -1.25. The third-order valence-corrected chi connectivity index (χ3v) is 5.74. The monoisotopic (exact) mass is 413 g/mol. The van der Waals surface area contributed by atoms with E-state index in [4.69, 9.17) is 12.2 Å². The molecule has 1 aromatic carbocycles. The van der Waals surface area contributed by atoms with Gasteiger partial charge in [-0.1, -0.05) is 43.9 Å². The number of thioether (sulfide) groups is 1. The molecule has 1 aromatic heterocycles. The Morgan fingerprint density at radius 3 is 2.46 bits per heavy atom. The molecule has 4 nitrogen and oxygen atoms in total. The molecule has 26 heavy (non-hydrogen) atoms. The first-order chi connectivity index (χ1) is 12.0. The minimum absolute atomic E-state index is 0.0290. The molecule has 0 spiro atoms. The van der Waals surface area contributed by atoms with Crippen LogP contribution >= 0.6 is 35.3 Å². The Balaban J connectivity index is 1.98. The van der Waals surface area contributed by atoms with Crippen molar-refractivity contribution in [1.82, 2.24) is 15.1 Å². The molecule has 142 valence electrons. The Morgan fingerprint density at radius 1 is 1.27 bits per heavy atom. The highest BCUT2D eigenvalue weighted by molar-refractivity contribution is 8.01. The first-order valence-corrected chi connectivity index (χ1v) is 10.5. The minimum atomic E-state index is -0.306. The standard InChI is InChI=1S/C18H24FN3OS3/c1-17(2,3)11-18(4,5)20-14(23)10-25-15-21-22(16(24)26-15)13-8-6-12(19)7-9-13/h6-9H,10-11H2,1-5H3,(H,20,23). The van der Waals surface area contributed by atoms with E-state index < -0.39 is 0 Å². The lowest BCUT2D eigenvalue weighted by Crippen LogP contribution is -2.46. The normalized spacial score (nSPS) is 12.2. The molecule has 0 aliphatic heterocycles. The zero-order chi connectivity index (χ0) is 19.5. The third-order valence-electron chi connectivity index (χ3n) is 3.38. The summed E-state index contributed by atoms with van der Waals surface area (Å²) in [5.74, 6) is -0.0578. The number of aromatic nitrogens is 2. The number of halogens is 1. The van der Waals surface area contributed by atoms with Crippen molar-refractivity contribution in [2.75, 3.05) is 5.75 Å². The molecular formula is C18H24FN3OS3. The summed E-state index contributed by atoms with van der Waals surface area (Å²) < 4.78 is 15.9. The molecule has 1 heterocycles. The number of rotatable bonds is 6. The fourth-order valence-electron chi connectivity index (χ4n) is 2.98. The molecule has 1 N–H and O–H groups in total. The number of hydrogen-bond donors (Lipinski definition) is 1. The van der Waals surface area contributed by atoms with Gasteiger partial charge in [0.1, 0.15) is 5.82 Å². The Morgan fingerprint density at radius 2 is 1.88 bits per heavy atom. The molecule has 0 unspecified atom stereocenters. The summed E-state index contributed by atoms with van der Waals surface area (Å²) >= 11 is 8.02. The van der Waals surface area contributed by atoms with Crippen LogP contribution in [0.5, 0.6) is 0 Å². The number of nitrogens with one attached hydrogen (secondary N) is 1. The van der Waals surface area contributed by atoms with Gasteiger partial charge in [-0.3, -0.25) is 4.79 Å². The van der Waals surface area contributed by atoms with Crippen LogP contribution in [0, 0.1) is 15.2 Å². The minimum Gasteiger partial charge on any atom is -0.350 e. The van der Waals surface area contributed by atoms with Crippen LogP contribution in [0.15, 0.2) is 28.6 Å². The van der Waals surface area contributed by atoms with Crippen molar-refractivity contribution in [1.29, 1.82) is 0 Å². The molecule has 0 fully saturated rings. The highest BCUT2D eigenvalue weighted by Gasteiger charge is 2.27.